The molecule has 1 aliphatic carbocycles. The molecule has 0 spiro atoms. The Morgan fingerprint density at radius 2 is 1.97 bits per heavy atom. The van der Waals surface area contributed by atoms with Crippen LogP contribution in [0.5, 0.6) is 5.75 Å². The van der Waals surface area contributed by atoms with Gasteiger partial charge in [-0.15, -0.1) is 0 Å². The number of anilines is 2. The summed E-state index contributed by atoms with van der Waals surface area (Å²) in [6.07, 6.45) is 9.60. The van der Waals surface area contributed by atoms with Gasteiger partial charge in [-0.05, 0) is 54.6 Å². The Morgan fingerprint density at radius 1 is 1.14 bits per heavy atom. The smallest absolute Gasteiger partial charge is 0.256 e. The summed E-state index contributed by atoms with van der Waals surface area (Å²) < 4.78 is 11.3. The average molecular weight is 477 g/mol. The molecule has 3 N–H and O–H groups in total. The van der Waals surface area contributed by atoms with E-state index in [2.05, 4.69) is 32.1 Å². The van der Waals surface area contributed by atoms with Gasteiger partial charge in [-0.3, -0.25) is 9.69 Å². The fourth-order valence-corrected chi connectivity index (χ4v) is 3.94. The number of methoxy groups -OCH3 is 1. The maximum Gasteiger partial charge on any atom is 0.256 e. The van der Waals surface area contributed by atoms with Crippen molar-refractivity contribution in [3.8, 4) is 5.75 Å². The summed E-state index contributed by atoms with van der Waals surface area (Å²) in [7, 11) is 3.79. The third-order valence-corrected chi connectivity index (χ3v) is 6.02. The first-order valence-corrected chi connectivity index (χ1v) is 11.6. The molecule has 3 heterocycles. The van der Waals surface area contributed by atoms with Crippen molar-refractivity contribution in [3.63, 3.8) is 0 Å². The van der Waals surface area contributed by atoms with Crippen molar-refractivity contribution in [1.29, 1.82) is 0 Å². The van der Waals surface area contributed by atoms with Crippen molar-refractivity contribution in [2.24, 2.45) is 0 Å². The van der Waals surface area contributed by atoms with E-state index in [-0.39, 0.29) is 12.5 Å². The van der Waals surface area contributed by atoms with Gasteiger partial charge >= 0.3 is 0 Å². The van der Waals surface area contributed by atoms with Crippen molar-refractivity contribution in [2.75, 3.05) is 57.9 Å². The number of carbonyl (C=O) groups is 1. The third-order valence-electron chi connectivity index (χ3n) is 6.02. The molecule has 0 bridgehead atoms. The van der Waals surface area contributed by atoms with Crippen LogP contribution in [0.25, 0.3) is 0 Å². The van der Waals surface area contributed by atoms with Gasteiger partial charge < -0.3 is 25.4 Å². The van der Waals surface area contributed by atoms with Crippen molar-refractivity contribution < 1.29 is 14.3 Å². The first-order valence-electron chi connectivity index (χ1n) is 11.6. The number of nitrogens with two attached hydrogens (primary N) is 1. The Kier molecular flexibility index (Phi) is 8.12. The number of hydrogen-bond donors (Lipinski definition) is 2. The molecule has 0 unspecified atom stereocenters. The molecule has 2 aromatic rings. The van der Waals surface area contributed by atoms with Crippen LogP contribution in [0.4, 0.5) is 11.6 Å². The van der Waals surface area contributed by atoms with E-state index < -0.39 is 0 Å². The number of rotatable bonds is 8. The molecule has 4 rings (SSSR count). The van der Waals surface area contributed by atoms with Crippen LogP contribution in [-0.4, -0.2) is 72.6 Å². The molecule has 0 radical (unpaired) electrons. The second-order valence-electron chi connectivity index (χ2n) is 8.70. The van der Waals surface area contributed by atoms with Gasteiger partial charge in [0, 0.05) is 57.1 Å². The molecule has 1 saturated heterocycles. The Hall–Kier alpha value is -3.69. The van der Waals surface area contributed by atoms with Crippen LogP contribution < -0.4 is 15.8 Å². The molecule has 35 heavy (non-hydrogen) atoms. The molecule has 2 aliphatic rings. The minimum absolute atomic E-state index is 0.251. The van der Waals surface area contributed by atoms with Crippen molar-refractivity contribution in [1.82, 2.24) is 19.8 Å². The first kappa shape index (κ1) is 24.4. The summed E-state index contributed by atoms with van der Waals surface area (Å²) in [6.45, 7) is 5.35. The van der Waals surface area contributed by atoms with Crippen LogP contribution in [0.15, 0.2) is 71.8 Å². The van der Waals surface area contributed by atoms with Gasteiger partial charge in [0.05, 0.1) is 7.11 Å². The summed E-state index contributed by atoms with van der Waals surface area (Å²) in [6, 6.07) is 7.12. The van der Waals surface area contributed by atoms with Crippen LogP contribution in [0.3, 0.4) is 0 Å². The van der Waals surface area contributed by atoms with E-state index in [9.17, 15) is 4.79 Å². The van der Waals surface area contributed by atoms with Crippen LogP contribution >= 0.6 is 0 Å². The molecule has 1 fully saturated rings. The summed E-state index contributed by atoms with van der Waals surface area (Å²) in [5.74, 6) is 1.78. The zero-order chi connectivity index (χ0) is 24.6. The van der Waals surface area contributed by atoms with Gasteiger partial charge in [-0.2, -0.15) is 0 Å². The number of pyridine rings is 2. The monoisotopic (exact) mass is 476 g/mol. The largest absolute Gasteiger partial charge is 0.501 e. The van der Waals surface area contributed by atoms with Crippen LogP contribution in [0.1, 0.15) is 12.0 Å². The number of hydrogen-bond acceptors (Lipinski definition) is 8. The number of nitrogens with zero attached hydrogens (tertiary/aromatic N) is 4. The van der Waals surface area contributed by atoms with E-state index in [1.807, 2.05) is 18.2 Å². The van der Waals surface area contributed by atoms with Gasteiger partial charge in [0.2, 0.25) is 0 Å². The molecule has 0 aromatic carbocycles. The van der Waals surface area contributed by atoms with E-state index in [4.69, 9.17) is 15.2 Å². The quantitative estimate of drug-likeness (QED) is 0.599. The lowest BCUT2D eigenvalue weighted by atomic mass is 10.1. The molecule has 1 amide bonds. The van der Waals surface area contributed by atoms with Gasteiger partial charge in [-0.1, -0.05) is 6.08 Å². The van der Waals surface area contributed by atoms with Crippen molar-refractivity contribution in [3.05, 3.63) is 77.4 Å². The first-order chi connectivity index (χ1) is 17.0. The molecule has 9 nitrogen and oxygen atoms in total. The molecular weight excluding hydrogens is 444 g/mol. The molecule has 9 heteroatoms. The van der Waals surface area contributed by atoms with Crippen LogP contribution in [0.2, 0.25) is 0 Å². The van der Waals surface area contributed by atoms with Gasteiger partial charge in [0.15, 0.2) is 11.6 Å². The van der Waals surface area contributed by atoms with E-state index in [0.29, 0.717) is 29.4 Å². The molecule has 1 aliphatic heterocycles. The van der Waals surface area contributed by atoms with Gasteiger partial charge in [0.25, 0.3) is 5.91 Å². The number of nitrogens with one attached hydrogen (secondary N) is 1. The lowest BCUT2D eigenvalue weighted by molar-refractivity contribution is -0.112. The maximum atomic E-state index is 13.0. The molecular formula is C26H32N6O3. The Balaban J connectivity index is 1.40. The number of carbonyl (C=O) groups excluding carboxylic acids is 1. The fraction of sp³-hybridized carbons (Fsp3) is 0.346. The number of amides is 1. The normalized spacial score (nSPS) is 17.0. The van der Waals surface area contributed by atoms with Crippen molar-refractivity contribution >= 4 is 17.5 Å². The van der Waals surface area contributed by atoms with E-state index in [0.717, 1.165) is 44.0 Å². The molecule has 0 atom stereocenters. The minimum Gasteiger partial charge on any atom is -0.501 e. The van der Waals surface area contributed by atoms with E-state index >= 15 is 0 Å². The Morgan fingerprint density at radius 3 is 2.74 bits per heavy atom. The lowest BCUT2D eigenvalue weighted by Gasteiger charge is -2.32. The highest BCUT2D eigenvalue weighted by atomic mass is 16.5. The number of piperazine rings is 1. The number of aromatic nitrogens is 2. The number of likely N-dealkylation sites (N-methyl/N-ethyl adjacent to an activating group) is 1. The summed E-state index contributed by atoms with van der Waals surface area (Å²) in [5.41, 5.74) is 8.41. The van der Waals surface area contributed by atoms with Gasteiger partial charge in [0.1, 0.15) is 18.2 Å². The summed E-state index contributed by atoms with van der Waals surface area (Å²) in [4.78, 5) is 26.1. The van der Waals surface area contributed by atoms with Crippen LogP contribution in [-0.2, 0) is 16.1 Å². The predicted octanol–water partition coefficient (Wildman–Crippen LogP) is 2.61. The lowest BCUT2D eigenvalue weighted by Crippen LogP contribution is -2.45. The number of ether oxygens (including phenoxy) is 2. The zero-order valence-electron chi connectivity index (χ0n) is 20.2. The average Bonchev–Trinajstić information content (AvgIpc) is 3.07. The van der Waals surface area contributed by atoms with Crippen molar-refractivity contribution in [2.45, 2.75) is 13.0 Å². The zero-order valence-corrected chi connectivity index (χ0v) is 20.2. The Labute approximate surface area is 205 Å². The second kappa shape index (κ2) is 11.6. The highest BCUT2D eigenvalue weighted by molar-refractivity contribution is 6.05. The topological polar surface area (TPSA) is 106 Å². The van der Waals surface area contributed by atoms with Crippen LogP contribution in [0, 0.1) is 0 Å². The fourth-order valence-electron chi connectivity index (χ4n) is 3.94. The third kappa shape index (κ3) is 6.91. The number of allylic oxidation sites excluding steroid dienone is 3. The second-order valence-corrected chi connectivity index (χ2v) is 8.70. The molecule has 0 saturated carbocycles. The highest BCUT2D eigenvalue weighted by Gasteiger charge is 2.18. The standard InChI is InChI=1S/C26H32N6O3/c1-31-10-12-32(13-11-31)17-19-5-6-21(16-22(14-19)34-2)26(33)30-24-15-20(7-9-28-24)18-35-23-4-3-8-29-25(23)27/h3-9,15-16H,10-14,17-18H2,1-2H3,(H2,27,29)(H,28,30,33). The van der Waals surface area contributed by atoms with E-state index in [1.54, 1.807) is 43.8 Å². The summed E-state index contributed by atoms with van der Waals surface area (Å²) in [5, 5.41) is 2.88. The summed E-state index contributed by atoms with van der Waals surface area (Å²) >= 11 is 0. The SMILES string of the molecule is COC1=CC(C(=O)Nc2cc(COc3cccnc3N)ccn2)=CC=C(CN2CCN(C)CC2)C1. The number of nitrogen functional groups attached to an aromatic ring is 1. The molecule has 2 aromatic heterocycles. The maximum absolute atomic E-state index is 13.0. The Bertz CT molecular complexity index is 1140. The highest BCUT2D eigenvalue weighted by Crippen LogP contribution is 2.22. The molecule has 184 valence electrons. The van der Waals surface area contributed by atoms with Gasteiger partial charge in [-0.25, -0.2) is 9.97 Å². The predicted molar refractivity (Wildman–Crippen MR) is 136 cm³/mol. The minimum atomic E-state index is -0.251. The van der Waals surface area contributed by atoms with E-state index in [1.165, 1.54) is 5.57 Å².